The zero-order valence-corrected chi connectivity index (χ0v) is 16.9. The van der Waals surface area contributed by atoms with Crippen LogP contribution in [-0.4, -0.2) is 45.2 Å². The number of benzene rings is 1. The molecule has 6 nitrogen and oxygen atoms in total. The number of amides is 2. The van der Waals surface area contributed by atoms with E-state index in [2.05, 4.69) is 10.3 Å². The van der Waals surface area contributed by atoms with Crippen molar-refractivity contribution in [1.82, 2.24) is 19.6 Å². The van der Waals surface area contributed by atoms with Gasteiger partial charge in [-0.3, -0.25) is 14.0 Å². The number of likely N-dealkylation sites (N-methyl/N-ethyl adjacent to an activating group) is 1. The smallest absolute Gasteiger partial charge is 0.239 e. The Morgan fingerprint density at radius 1 is 1.29 bits per heavy atom. The number of hydrogen-bond donors (Lipinski definition) is 1. The summed E-state index contributed by atoms with van der Waals surface area (Å²) in [5.41, 5.74) is 2.35. The number of carbonyl (C=O) groups is 2. The van der Waals surface area contributed by atoms with Crippen LogP contribution in [0.2, 0.25) is 0 Å². The van der Waals surface area contributed by atoms with Crippen LogP contribution >= 0.6 is 11.3 Å². The van der Waals surface area contributed by atoms with Gasteiger partial charge in [-0.2, -0.15) is 0 Å². The van der Waals surface area contributed by atoms with Gasteiger partial charge in [-0.05, 0) is 45.0 Å². The van der Waals surface area contributed by atoms with Gasteiger partial charge < -0.3 is 10.2 Å². The summed E-state index contributed by atoms with van der Waals surface area (Å²) in [6, 6.07) is 6.19. The van der Waals surface area contributed by atoms with Crippen LogP contribution in [0.4, 0.5) is 4.39 Å². The molecule has 0 fully saturated rings. The van der Waals surface area contributed by atoms with E-state index < -0.39 is 0 Å². The van der Waals surface area contributed by atoms with Crippen LogP contribution in [0.3, 0.4) is 0 Å². The highest BCUT2D eigenvalue weighted by atomic mass is 32.1. The van der Waals surface area contributed by atoms with Gasteiger partial charge >= 0.3 is 0 Å². The quantitative estimate of drug-likeness (QED) is 0.660. The second-order valence-electron chi connectivity index (χ2n) is 6.82. The first-order valence-electron chi connectivity index (χ1n) is 9.16. The fourth-order valence-electron chi connectivity index (χ4n) is 2.90. The highest BCUT2D eigenvalue weighted by molar-refractivity contribution is 7.15. The Hall–Kier alpha value is -2.74. The third kappa shape index (κ3) is 4.56. The Balaban J connectivity index is 1.75. The summed E-state index contributed by atoms with van der Waals surface area (Å²) in [7, 11) is 0. The zero-order chi connectivity index (χ0) is 20.3. The molecule has 8 heteroatoms. The fraction of sp³-hybridized carbons (Fsp3) is 0.350. The molecule has 148 valence electrons. The highest BCUT2D eigenvalue weighted by Crippen LogP contribution is 2.24. The summed E-state index contributed by atoms with van der Waals surface area (Å²) in [6.07, 6.45) is 2.03. The molecule has 3 aromatic rings. The number of carbonyl (C=O) groups excluding carboxylic acids is 2. The third-order valence-electron chi connectivity index (χ3n) is 4.27. The molecule has 0 bridgehead atoms. The number of nitrogens with zero attached hydrogens (tertiary/aromatic N) is 3. The Morgan fingerprint density at radius 2 is 2.00 bits per heavy atom. The van der Waals surface area contributed by atoms with Crippen molar-refractivity contribution < 1.29 is 14.0 Å². The van der Waals surface area contributed by atoms with E-state index in [9.17, 15) is 14.0 Å². The molecule has 0 unspecified atom stereocenters. The van der Waals surface area contributed by atoms with Crippen LogP contribution in [0, 0.1) is 5.82 Å². The predicted molar refractivity (Wildman–Crippen MR) is 108 cm³/mol. The summed E-state index contributed by atoms with van der Waals surface area (Å²) in [5.74, 6) is -0.572. The standard InChI is InChI=1S/C20H23FN4O2S/c1-4-24(11-18(26)22-13(2)3)19(27)9-16-12-28-20-23-17(10-25(16)20)14-5-7-15(21)8-6-14/h5-8,10,12-13H,4,9,11H2,1-3H3,(H,22,26). The zero-order valence-electron chi connectivity index (χ0n) is 16.1. The summed E-state index contributed by atoms with van der Waals surface area (Å²) < 4.78 is 15.0. The van der Waals surface area contributed by atoms with Crippen LogP contribution in [0.1, 0.15) is 26.5 Å². The van der Waals surface area contributed by atoms with Crippen molar-refractivity contribution >= 4 is 28.1 Å². The first kappa shape index (κ1) is 20.0. The molecule has 0 saturated carbocycles. The molecular formula is C20H23FN4O2S. The normalized spacial score (nSPS) is 11.2. The molecule has 0 aliphatic rings. The van der Waals surface area contributed by atoms with E-state index in [0.717, 1.165) is 21.9 Å². The van der Waals surface area contributed by atoms with E-state index in [1.807, 2.05) is 36.7 Å². The van der Waals surface area contributed by atoms with Gasteiger partial charge in [0.25, 0.3) is 0 Å². The average Bonchev–Trinajstić information content (AvgIpc) is 3.21. The van der Waals surface area contributed by atoms with Gasteiger partial charge in [-0.15, -0.1) is 11.3 Å². The lowest BCUT2D eigenvalue weighted by Gasteiger charge is -2.21. The van der Waals surface area contributed by atoms with E-state index in [1.165, 1.54) is 23.5 Å². The molecule has 0 saturated heterocycles. The van der Waals surface area contributed by atoms with Gasteiger partial charge in [0.15, 0.2) is 4.96 Å². The van der Waals surface area contributed by atoms with Gasteiger partial charge in [-0.25, -0.2) is 9.37 Å². The minimum Gasteiger partial charge on any atom is -0.352 e. The van der Waals surface area contributed by atoms with E-state index in [-0.39, 0.29) is 36.6 Å². The SMILES string of the molecule is CCN(CC(=O)NC(C)C)C(=O)Cc1csc2nc(-c3ccc(F)cc3)cn12. The number of aromatic nitrogens is 2. The van der Waals surface area contributed by atoms with Crippen molar-refractivity contribution in [3.8, 4) is 11.3 Å². The van der Waals surface area contributed by atoms with Crippen molar-refractivity contribution in [3.63, 3.8) is 0 Å². The third-order valence-corrected chi connectivity index (χ3v) is 5.16. The minimum absolute atomic E-state index is 0.0358. The minimum atomic E-state index is -0.294. The fourth-order valence-corrected chi connectivity index (χ4v) is 3.77. The van der Waals surface area contributed by atoms with Crippen LogP contribution in [0.5, 0.6) is 0 Å². The van der Waals surface area contributed by atoms with Crippen molar-refractivity contribution in [2.75, 3.05) is 13.1 Å². The number of nitrogens with one attached hydrogen (secondary N) is 1. The second-order valence-corrected chi connectivity index (χ2v) is 7.66. The number of fused-ring (bicyclic) bond motifs is 1. The Bertz CT molecular complexity index is 978. The largest absolute Gasteiger partial charge is 0.352 e. The first-order chi connectivity index (χ1) is 13.4. The molecule has 0 aliphatic heterocycles. The van der Waals surface area contributed by atoms with E-state index >= 15 is 0 Å². The summed E-state index contributed by atoms with van der Waals surface area (Å²) in [4.78, 5) is 31.5. The maximum Gasteiger partial charge on any atom is 0.239 e. The number of hydrogen-bond acceptors (Lipinski definition) is 4. The molecule has 1 N–H and O–H groups in total. The maximum atomic E-state index is 13.1. The average molecular weight is 402 g/mol. The van der Waals surface area contributed by atoms with Gasteiger partial charge in [-0.1, -0.05) is 0 Å². The van der Waals surface area contributed by atoms with E-state index in [0.29, 0.717) is 6.54 Å². The number of rotatable bonds is 7. The lowest BCUT2D eigenvalue weighted by atomic mass is 10.2. The summed E-state index contributed by atoms with van der Waals surface area (Å²) in [5, 5.41) is 4.70. The van der Waals surface area contributed by atoms with Gasteiger partial charge in [0.05, 0.1) is 18.7 Å². The Morgan fingerprint density at radius 3 is 2.64 bits per heavy atom. The molecule has 1 aromatic carbocycles. The lowest BCUT2D eigenvalue weighted by molar-refractivity contribution is -0.135. The van der Waals surface area contributed by atoms with Gasteiger partial charge in [0, 0.05) is 35.4 Å². The van der Waals surface area contributed by atoms with Crippen molar-refractivity contribution in [2.45, 2.75) is 33.2 Å². The van der Waals surface area contributed by atoms with Gasteiger partial charge in [0.1, 0.15) is 5.82 Å². The second kappa shape index (κ2) is 8.52. The molecule has 0 atom stereocenters. The molecule has 2 heterocycles. The molecule has 2 aromatic heterocycles. The Labute approximate surface area is 167 Å². The van der Waals surface area contributed by atoms with Crippen molar-refractivity contribution in [2.24, 2.45) is 0 Å². The molecule has 2 amide bonds. The molecule has 0 radical (unpaired) electrons. The number of thiazole rings is 1. The predicted octanol–water partition coefficient (Wildman–Crippen LogP) is 3.12. The Kier molecular flexibility index (Phi) is 6.08. The lowest BCUT2D eigenvalue weighted by Crippen LogP contribution is -2.43. The molecule has 0 spiro atoms. The molecule has 28 heavy (non-hydrogen) atoms. The summed E-state index contributed by atoms with van der Waals surface area (Å²) in [6.45, 7) is 6.13. The van der Waals surface area contributed by atoms with Gasteiger partial charge in [0.2, 0.25) is 11.8 Å². The summed E-state index contributed by atoms with van der Waals surface area (Å²) >= 11 is 1.44. The number of halogens is 1. The topological polar surface area (TPSA) is 66.7 Å². The maximum absolute atomic E-state index is 13.1. The van der Waals surface area contributed by atoms with Crippen molar-refractivity contribution in [3.05, 3.63) is 47.4 Å². The van der Waals surface area contributed by atoms with Crippen molar-refractivity contribution in [1.29, 1.82) is 0 Å². The molecule has 0 aliphatic carbocycles. The highest BCUT2D eigenvalue weighted by Gasteiger charge is 2.19. The van der Waals surface area contributed by atoms with E-state index in [1.54, 1.807) is 17.0 Å². The van der Waals surface area contributed by atoms with Crippen LogP contribution in [-0.2, 0) is 16.0 Å². The molecular weight excluding hydrogens is 379 g/mol. The van der Waals surface area contributed by atoms with E-state index in [4.69, 9.17) is 0 Å². The molecule has 3 rings (SSSR count). The number of imidazole rings is 1. The monoisotopic (exact) mass is 402 g/mol. The van der Waals surface area contributed by atoms with Crippen LogP contribution in [0.15, 0.2) is 35.8 Å². The van der Waals surface area contributed by atoms with Crippen LogP contribution in [0.25, 0.3) is 16.2 Å². The van der Waals surface area contributed by atoms with Crippen LogP contribution < -0.4 is 5.32 Å². The first-order valence-corrected chi connectivity index (χ1v) is 10.0.